The summed E-state index contributed by atoms with van der Waals surface area (Å²) in [4.78, 5) is 16.3. The Morgan fingerprint density at radius 3 is 3.09 bits per heavy atom. The average Bonchev–Trinajstić information content (AvgIpc) is 3.19. The summed E-state index contributed by atoms with van der Waals surface area (Å²) in [5.74, 6) is -0.182. The fraction of sp³-hybridized carbons (Fsp3) is 0.333. The number of para-hydroxylation sites is 1. The van der Waals surface area contributed by atoms with Crippen molar-refractivity contribution < 1.29 is 9.53 Å². The molecule has 1 fully saturated rings. The Morgan fingerprint density at radius 2 is 2.32 bits per heavy atom. The largest absolute Gasteiger partial charge is 0.376 e. The molecule has 0 unspecified atom stereocenters. The third-order valence-electron chi connectivity index (χ3n) is 3.37. The molecule has 1 saturated heterocycles. The van der Waals surface area contributed by atoms with Crippen LogP contribution in [-0.4, -0.2) is 30.1 Å². The molecule has 2 aromatic rings. The fourth-order valence-corrected chi connectivity index (χ4v) is 3.10. The van der Waals surface area contributed by atoms with Gasteiger partial charge in [-0.2, -0.15) is 0 Å². The Balaban J connectivity index is 1.58. The maximum Gasteiger partial charge on any atom is 0.270 e. The average molecular weight is 338 g/mol. The summed E-state index contributed by atoms with van der Waals surface area (Å²) in [5, 5.41) is 8.95. The second kappa shape index (κ2) is 7.09. The maximum absolute atomic E-state index is 12.1. The molecule has 7 heteroatoms. The monoisotopic (exact) mass is 337 g/mol. The number of nitrogens with one attached hydrogen (secondary N) is 2. The van der Waals surface area contributed by atoms with Crippen molar-refractivity contribution in [2.24, 2.45) is 0 Å². The predicted octanol–water partition coefficient (Wildman–Crippen LogP) is 3.45. The van der Waals surface area contributed by atoms with Crippen LogP contribution in [0.1, 0.15) is 23.3 Å². The minimum Gasteiger partial charge on any atom is -0.376 e. The third-order valence-corrected chi connectivity index (χ3v) is 4.45. The van der Waals surface area contributed by atoms with E-state index in [0.717, 1.165) is 25.1 Å². The molecule has 1 aliphatic heterocycles. The van der Waals surface area contributed by atoms with E-state index < -0.39 is 0 Å². The lowest BCUT2D eigenvalue weighted by atomic mass is 10.2. The number of hydrogen-bond acceptors (Lipinski definition) is 5. The number of thiazole rings is 1. The number of halogens is 1. The molecule has 0 spiro atoms. The van der Waals surface area contributed by atoms with Crippen LogP contribution < -0.4 is 10.6 Å². The highest BCUT2D eigenvalue weighted by Crippen LogP contribution is 2.26. The molecule has 22 heavy (non-hydrogen) atoms. The van der Waals surface area contributed by atoms with Crippen LogP contribution in [0.15, 0.2) is 29.6 Å². The topological polar surface area (TPSA) is 63.2 Å². The van der Waals surface area contributed by atoms with Crippen LogP contribution in [0.2, 0.25) is 5.02 Å². The van der Waals surface area contributed by atoms with Gasteiger partial charge in [-0.25, -0.2) is 4.98 Å². The van der Waals surface area contributed by atoms with Gasteiger partial charge in [-0.3, -0.25) is 4.79 Å². The van der Waals surface area contributed by atoms with Gasteiger partial charge in [0, 0.05) is 18.5 Å². The van der Waals surface area contributed by atoms with Crippen molar-refractivity contribution in [2.45, 2.75) is 18.9 Å². The highest BCUT2D eigenvalue weighted by atomic mass is 35.5. The Kier molecular flexibility index (Phi) is 4.92. The standard InChI is InChI=1S/C15H16ClN3O2S/c16-11-5-1-2-6-12(11)18-15-19-13(9-22-15)14(20)17-8-10-4-3-7-21-10/h1-2,5-6,9-10H,3-4,7-8H2,(H,17,20)(H,18,19)/t10-/m1/s1. The summed E-state index contributed by atoms with van der Waals surface area (Å²) in [6.45, 7) is 1.31. The minimum atomic E-state index is -0.182. The minimum absolute atomic E-state index is 0.128. The van der Waals surface area contributed by atoms with E-state index in [-0.39, 0.29) is 12.0 Å². The van der Waals surface area contributed by atoms with Crippen molar-refractivity contribution in [3.8, 4) is 0 Å². The number of aromatic nitrogens is 1. The molecule has 1 amide bonds. The molecule has 1 aromatic heterocycles. The van der Waals surface area contributed by atoms with E-state index in [4.69, 9.17) is 16.3 Å². The van der Waals surface area contributed by atoms with Gasteiger partial charge in [-0.05, 0) is 25.0 Å². The first-order valence-corrected chi connectivity index (χ1v) is 8.35. The lowest BCUT2D eigenvalue weighted by Gasteiger charge is -2.09. The lowest BCUT2D eigenvalue weighted by molar-refractivity contribution is 0.0854. The Hall–Kier alpha value is -1.63. The number of ether oxygens (including phenoxy) is 1. The molecule has 0 aliphatic carbocycles. The van der Waals surface area contributed by atoms with Gasteiger partial charge >= 0.3 is 0 Å². The Morgan fingerprint density at radius 1 is 1.45 bits per heavy atom. The number of anilines is 2. The molecule has 2 heterocycles. The van der Waals surface area contributed by atoms with Gasteiger partial charge in [0.25, 0.3) is 5.91 Å². The number of amides is 1. The zero-order chi connectivity index (χ0) is 15.4. The van der Waals surface area contributed by atoms with E-state index >= 15 is 0 Å². The molecule has 0 saturated carbocycles. The maximum atomic E-state index is 12.1. The Labute approximate surface area is 137 Å². The van der Waals surface area contributed by atoms with Crippen LogP contribution >= 0.6 is 22.9 Å². The molecule has 0 bridgehead atoms. The van der Waals surface area contributed by atoms with E-state index in [1.807, 2.05) is 18.2 Å². The second-order valence-electron chi connectivity index (χ2n) is 4.99. The number of carbonyl (C=O) groups is 1. The number of carbonyl (C=O) groups excluding carboxylic acids is 1. The van der Waals surface area contributed by atoms with Gasteiger partial charge in [0.1, 0.15) is 5.69 Å². The summed E-state index contributed by atoms with van der Waals surface area (Å²) in [6.07, 6.45) is 2.18. The van der Waals surface area contributed by atoms with E-state index in [9.17, 15) is 4.79 Å². The summed E-state index contributed by atoms with van der Waals surface area (Å²) in [5.41, 5.74) is 1.17. The van der Waals surface area contributed by atoms with E-state index in [1.54, 1.807) is 11.4 Å². The van der Waals surface area contributed by atoms with Crippen LogP contribution in [-0.2, 0) is 4.74 Å². The first-order chi connectivity index (χ1) is 10.7. The predicted molar refractivity (Wildman–Crippen MR) is 88.2 cm³/mol. The molecule has 5 nitrogen and oxygen atoms in total. The summed E-state index contributed by atoms with van der Waals surface area (Å²) >= 11 is 7.45. The Bertz CT molecular complexity index is 656. The first-order valence-electron chi connectivity index (χ1n) is 7.09. The van der Waals surface area contributed by atoms with Crippen molar-refractivity contribution in [3.05, 3.63) is 40.4 Å². The molecule has 3 rings (SSSR count). The van der Waals surface area contributed by atoms with Crippen molar-refractivity contribution in [1.82, 2.24) is 10.3 Å². The molecule has 1 aliphatic rings. The van der Waals surface area contributed by atoms with Gasteiger partial charge in [0.2, 0.25) is 0 Å². The smallest absolute Gasteiger partial charge is 0.270 e. The van der Waals surface area contributed by atoms with Crippen LogP contribution in [0.25, 0.3) is 0 Å². The van der Waals surface area contributed by atoms with E-state index in [1.165, 1.54) is 11.3 Å². The van der Waals surface area contributed by atoms with Crippen molar-refractivity contribution in [2.75, 3.05) is 18.5 Å². The number of benzene rings is 1. The van der Waals surface area contributed by atoms with Gasteiger partial charge < -0.3 is 15.4 Å². The molecular weight excluding hydrogens is 322 g/mol. The van der Waals surface area contributed by atoms with Crippen LogP contribution in [0, 0.1) is 0 Å². The molecular formula is C15H16ClN3O2S. The fourth-order valence-electron chi connectivity index (χ4n) is 2.22. The first kappa shape index (κ1) is 15.3. The molecule has 1 aromatic carbocycles. The number of rotatable bonds is 5. The lowest BCUT2D eigenvalue weighted by Crippen LogP contribution is -2.31. The number of hydrogen-bond donors (Lipinski definition) is 2. The molecule has 0 radical (unpaired) electrons. The second-order valence-corrected chi connectivity index (χ2v) is 6.25. The van der Waals surface area contributed by atoms with Gasteiger partial charge in [0.05, 0.1) is 16.8 Å². The van der Waals surface area contributed by atoms with Gasteiger partial charge in [0.15, 0.2) is 5.13 Å². The normalized spacial score (nSPS) is 17.4. The van der Waals surface area contributed by atoms with Crippen LogP contribution in [0.5, 0.6) is 0 Å². The molecule has 1 atom stereocenters. The zero-order valence-electron chi connectivity index (χ0n) is 11.8. The zero-order valence-corrected chi connectivity index (χ0v) is 13.4. The van der Waals surface area contributed by atoms with Crippen molar-refractivity contribution in [3.63, 3.8) is 0 Å². The number of nitrogens with zero attached hydrogens (tertiary/aromatic N) is 1. The molecule has 2 N–H and O–H groups in total. The van der Waals surface area contributed by atoms with E-state index in [0.29, 0.717) is 22.4 Å². The van der Waals surface area contributed by atoms with Crippen molar-refractivity contribution >= 4 is 39.7 Å². The highest BCUT2D eigenvalue weighted by Gasteiger charge is 2.18. The summed E-state index contributed by atoms with van der Waals surface area (Å²) in [7, 11) is 0. The highest BCUT2D eigenvalue weighted by molar-refractivity contribution is 7.14. The third kappa shape index (κ3) is 3.76. The van der Waals surface area contributed by atoms with Gasteiger partial charge in [-0.1, -0.05) is 23.7 Å². The quantitative estimate of drug-likeness (QED) is 0.877. The van der Waals surface area contributed by atoms with Crippen molar-refractivity contribution in [1.29, 1.82) is 0 Å². The summed E-state index contributed by atoms with van der Waals surface area (Å²) < 4.78 is 5.48. The molecule has 116 valence electrons. The van der Waals surface area contributed by atoms with E-state index in [2.05, 4.69) is 15.6 Å². The van der Waals surface area contributed by atoms with Crippen LogP contribution in [0.3, 0.4) is 0 Å². The van der Waals surface area contributed by atoms with Gasteiger partial charge in [-0.15, -0.1) is 11.3 Å². The SMILES string of the molecule is O=C(NC[C@H]1CCCO1)c1csc(Nc2ccccc2Cl)n1. The summed E-state index contributed by atoms with van der Waals surface area (Å²) in [6, 6.07) is 7.41. The van der Waals surface area contributed by atoms with Crippen LogP contribution in [0.4, 0.5) is 10.8 Å².